The summed E-state index contributed by atoms with van der Waals surface area (Å²) in [5.41, 5.74) is 2.36. The number of hydrogen-bond acceptors (Lipinski definition) is 9. The van der Waals surface area contributed by atoms with Crippen molar-refractivity contribution in [2.75, 3.05) is 18.6 Å². The van der Waals surface area contributed by atoms with E-state index in [1.54, 1.807) is 19.9 Å². The van der Waals surface area contributed by atoms with E-state index in [9.17, 15) is 14.9 Å². The molecule has 2 N–H and O–H groups in total. The molecule has 0 bridgehead atoms. The van der Waals surface area contributed by atoms with Crippen LogP contribution in [-0.2, 0) is 5.41 Å². The topological polar surface area (TPSA) is 145 Å². The first-order valence-electron chi connectivity index (χ1n) is 9.01. The van der Waals surface area contributed by atoms with Gasteiger partial charge in [0.15, 0.2) is 11.6 Å². The first kappa shape index (κ1) is 21.8. The second-order valence-electron chi connectivity index (χ2n) is 6.95. The summed E-state index contributed by atoms with van der Waals surface area (Å²) >= 11 is 0. The minimum absolute atomic E-state index is 0.0694. The molecule has 0 radical (unpaired) electrons. The third-order valence-electron chi connectivity index (χ3n) is 3.64. The quantitative estimate of drug-likeness (QED) is 0.388. The zero-order valence-corrected chi connectivity index (χ0v) is 17.0. The number of hydrogen-bond donors (Lipinski definition) is 2. The van der Waals surface area contributed by atoms with Gasteiger partial charge in [-0.05, 0) is 19.9 Å². The Hall–Kier alpha value is -3.50. The smallest absolute Gasteiger partial charge is 0.363 e. The van der Waals surface area contributed by atoms with E-state index in [1.807, 2.05) is 20.8 Å². The van der Waals surface area contributed by atoms with Gasteiger partial charge in [-0.1, -0.05) is 20.8 Å². The lowest BCUT2D eigenvalue weighted by atomic mass is 9.92. The Morgan fingerprint density at radius 3 is 2.55 bits per heavy atom. The summed E-state index contributed by atoms with van der Waals surface area (Å²) in [5, 5.41) is 21.8. The molecule has 0 saturated carbocycles. The van der Waals surface area contributed by atoms with E-state index in [0.29, 0.717) is 17.9 Å². The standard InChI is InChI=1S/C18H24N6O5/c1-6-28-13-9-11(8-12(24(26)27)14(13)29-7-2)10-19-22-16-15(18(3,4)5)21-23-17(25)20-16/h8-10H,6-7H2,1-5H3,(H2,20,22,23,25)/b19-10+. The minimum Gasteiger partial charge on any atom is -0.490 e. The zero-order chi connectivity index (χ0) is 21.6. The van der Waals surface area contributed by atoms with Crippen molar-refractivity contribution in [3.05, 3.63) is 44.0 Å². The largest absolute Gasteiger partial charge is 0.490 e. The van der Waals surface area contributed by atoms with Crippen LogP contribution in [0.2, 0.25) is 0 Å². The Labute approximate surface area is 167 Å². The fraction of sp³-hybridized carbons (Fsp3) is 0.444. The monoisotopic (exact) mass is 404 g/mol. The number of hydrazone groups is 1. The van der Waals surface area contributed by atoms with Gasteiger partial charge in [0.1, 0.15) is 5.69 Å². The number of aromatic amines is 1. The van der Waals surface area contributed by atoms with E-state index < -0.39 is 16.0 Å². The lowest BCUT2D eigenvalue weighted by Gasteiger charge is -2.18. The molecule has 1 heterocycles. The van der Waals surface area contributed by atoms with Crippen molar-refractivity contribution in [1.82, 2.24) is 15.2 Å². The molecule has 0 aliphatic rings. The van der Waals surface area contributed by atoms with Gasteiger partial charge in [0.25, 0.3) is 0 Å². The molecule has 0 fully saturated rings. The molecule has 0 aliphatic carbocycles. The fourth-order valence-corrected chi connectivity index (χ4v) is 2.48. The molecule has 0 spiro atoms. The predicted molar refractivity (Wildman–Crippen MR) is 108 cm³/mol. The zero-order valence-electron chi connectivity index (χ0n) is 17.0. The summed E-state index contributed by atoms with van der Waals surface area (Å²) in [6.07, 6.45) is 1.36. The normalized spacial score (nSPS) is 11.5. The average Bonchev–Trinajstić information content (AvgIpc) is 2.62. The molecule has 0 aliphatic heterocycles. The Bertz CT molecular complexity index is 964. The Balaban J connectivity index is 2.40. The highest BCUT2D eigenvalue weighted by atomic mass is 16.6. The third-order valence-corrected chi connectivity index (χ3v) is 3.64. The van der Waals surface area contributed by atoms with Gasteiger partial charge in [-0.3, -0.25) is 15.5 Å². The van der Waals surface area contributed by atoms with Crippen LogP contribution >= 0.6 is 0 Å². The number of aromatic nitrogens is 3. The van der Waals surface area contributed by atoms with Crippen LogP contribution in [0.4, 0.5) is 11.5 Å². The lowest BCUT2D eigenvalue weighted by molar-refractivity contribution is -0.385. The van der Waals surface area contributed by atoms with Crippen LogP contribution in [0.5, 0.6) is 11.5 Å². The maximum atomic E-state index is 11.5. The van der Waals surface area contributed by atoms with Gasteiger partial charge >= 0.3 is 11.4 Å². The SMILES string of the molecule is CCOc1cc(/C=N/Nc2nc(=O)[nH]nc2C(C)(C)C)cc([N+](=O)[O-])c1OCC. The van der Waals surface area contributed by atoms with Gasteiger partial charge in [-0.15, -0.1) is 0 Å². The average molecular weight is 404 g/mol. The third kappa shape index (κ3) is 5.50. The van der Waals surface area contributed by atoms with Crippen molar-refractivity contribution < 1.29 is 14.4 Å². The molecular weight excluding hydrogens is 380 g/mol. The van der Waals surface area contributed by atoms with E-state index in [1.165, 1.54) is 12.3 Å². The molecule has 1 aromatic carbocycles. The fourth-order valence-electron chi connectivity index (χ4n) is 2.48. The van der Waals surface area contributed by atoms with Gasteiger partial charge in [0.05, 0.1) is 24.4 Å². The summed E-state index contributed by atoms with van der Waals surface area (Å²) < 4.78 is 10.9. The number of anilines is 1. The molecule has 0 amide bonds. The summed E-state index contributed by atoms with van der Waals surface area (Å²) in [4.78, 5) is 26.3. The number of nitro groups is 1. The van der Waals surface area contributed by atoms with Crippen molar-refractivity contribution in [2.45, 2.75) is 40.0 Å². The van der Waals surface area contributed by atoms with E-state index in [0.717, 1.165) is 0 Å². The second kappa shape index (κ2) is 9.13. The van der Waals surface area contributed by atoms with Crippen LogP contribution in [-0.4, -0.2) is 39.5 Å². The molecule has 11 nitrogen and oxygen atoms in total. The van der Waals surface area contributed by atoms with Gasteiger partial charge in [0.2, 0.25) is 5.75 Å². The molecule has 1 aromatic heterocycles. The molecular formula is C18H24N6O5. The predicted octanol–water partition coefficient (Wildman–Crippen LogP) is 2.61. The van der Waals surface area contributed by atoms with Crippen molar-refractivity contribution >= 4 is 17.7 Å². The van der Waals surface area contributed by atoms with Gasteiger partial charge in [-0.25, -0.2) is 9.89 Å². The summed E-state index contributed by atoms with van der Waals surface area (Å²) in [6.45, 7) is 9.80. The number of nitrogens with one attached hydrogen (secondary N) is 2. The minimum atomic E-state index is -0.619. The first-order chi connectivity index (χ1) is 13.7. The highest BCUT2D eigenvalue weighted by molar-refractivity contribution is 5.83. The van der Waals surface area contributed by atoms with Crippen LogP contribution in [0.15, 0.2) is 22.0 Å². The maximum Gasteiger partial charge on any atom is 0.363 e. The van der Waals surface area contributed by atoms with Crippen LogP contribution < -0.4 is 20.6 Å². The van der Waals surface area contributed by atoms with Gasteiger partial charge in [0, 0.05) is 17.0 Å². The number of ether oxygens (including phenoxy) is 2. The number of nitrogens with zero attached hydrogens (tertiary/aromatic N) is 4. The summed E-state index contributed by atoms with van der Waals surface area (Å²) in [7, 11) is 0. The Morgan fingerprint density at radius 1 is 1.28 bits per heavy atom. The lowest BCUT2D eigenvalue weighted by Crippen LogP contribution is -2.24. The van der Waals surface area contributed by atoms with E-state index in [4.69, 9.17) is 9.47 Å². The molecule has 0 saturated heterocycles. The van der Waals surface area contributed by atoms with Crippen molar-refractivity contribution in [3.8, 4) is 11.5 Å². The van der Waals surface area contributed by atoms with Gasteiger partial charge < -0.3 is 9.47 Å². The van der Waals surface area contributed by atoms with Crippen molar-refractivity contribution in [1.29, 1.82) is 0 Å². The van der Waals surface area contributed by atoms with Crippen LogP contribution in [0.1, 0.15) is 45.9 Å². The van der Waals surface area contributed by atoms with E-state index in [2.05, 4.69) is 25.7 Å². The molecule has 2 aromatic rings. The highest BCUT2D eigenvalue weighted by Gasteiger charge is 2.23. The Kier molecular flexibility index (Phi) is 6.86. The highest BCUT2D eigenvalue weighted by Crippen LogP contribution is 2.38. The van der Waals surface area contributed by atoms with Gasteiger partial charge in [-0.2, -0.15) is 15.2 Å². The molecule has 0 unspecified atom stereocenters. The number of H-pyrrole nitrogens is 1. The van der Waals surface area contributed by atoms with E-state index >= 15 is 0 Å². The van der Waals surface area contributed by atoms with E-state index in [-0.39, 0.29) is 29.6 Å². The van der Waals surface area contributed by atoms with Crippen LogP contribution in [0.25, 0.3) is 0 Å². The Morgan fingerprint density at radius 2 is 1.97 bits per heavy atom. The molecule has 2 rings (SSSR count). The summed E-state index contributed by atoms with van der Waals surface area (Å²) in [5.74, 6) is 0.513. The molecule has 156 valence electrons. The first-order valence-corrected chi connectivity index (χ1v) is 9.01. The number of benzene rings is 1. The summed E-state index contributed by atoms with van der Waals surface area (Å²) in [6, 6.07) is 2.91. The van der Waals surface area contributed by atoms with Crippen molar-refractivity contribution in [3.63, 3.8) is 0 Å². The molecule has 11 heteroatoms. The van der Waals surface area contributed by atoms with Crippen LogP contribution in [0.3, 0.4) is 0 Å². The molecule has 29 heavy (non-hydrogen) atoms. The second-order valence-corrected chi connectivity index (χ2v) is 6.95. The molecule has 0 atom stereocenters. The van der Waals surface area contributed by atoms with Crippen molar-refractivity contribution in [2.24, 2.45) is 5.10 Å². The number of rotatable bonds is 8. The number of nitro benzene ring substituents is 1. The van der Waals surface area contributed by atoms with Crippen LogP contribution in [0, 0.1) is 10.1 Å². The maximum absolute atomic E-state index is 11.5.